The second kappa shape index (κ2) is 6.20. The molecule has 0 amide bonds. The zero-order chi connectivity index (χ0) is 15.7. The Hall–Kier alpha value is -1.69. The first-order chi connectivity index (χ1) is 10.6. The van der Waals surface area contributed by atoms with E-state index in [0.717, 1.165) is 20.3 Å². The van der Waals surface area contributed by atoms with Gasteiger partial charge in [-0.2, -0.15) is 5.26 Å². The monoisotopic (exact) mass is 391 g/mol. The van der Waals surface area contributed by atoms with Gasteiger partial charge < -0.3 is 5.73 Å². The topological polar surface area (TPSA) is 88.5 Å². The van der Waals surface area contributed by atoms with Crippen LogP contribution in [-0.4, -0.2) is 15.0 Å². The van der Waals surface area contributed by atoms with Crippen LogP contribution in [0, 0.1) is 11.3 Å². The van der Waals surface area contributed by atoms with Gasteiger partial charge in [-0.25, -0.2) is 9.97 Å². The molecule has 3 rings (SSSR count). The highest BCUT2D eigenvalue weighted by atomic mass is 79.9. The molecule has 0 saturated carbocycles. The number of hydrogen-bond acceptors (Lipinski definition) is 7. The van der Waals surface area contributed by atoms with Crippen LogP contribution in [-0.2, 0) is 0 Å². The molecular weight excluding hydrogens is 382 g/mol. The minimum atomic E-state index is 0.0459. The van der Waals surface area contributed by atoms with Crippen LogP contribution in [0.15, 0.2) is 33.3 Å². The Labute approximate surface area is 143 Å². The SMILES string of the molecule is CC(Sc1nc(N)cc(C#N)n1)c1cc2c(Br)csc2cn1. The molecule has 3 heterocycles. The van der Waals surface area contributed by atoms with Crippen LogP contribution in [0.2, 0.25) is 0 Å². The molecule has 0 saturated heterocycles. The number of thiophene rings is 1. The molecule has 0 bridgehead atoms. The summed E-state index contributed by atoms with van der Waals surface area (Å²) in [6.07, 6.45) is 1.87. The van der Waals surface area contributed by atoms with E-state index in [1.54, 1.807) is 11.3 Å². The van der Waals surface area contributed by atoms with Crippen LogP contribution >= 0.6 is 39.0 Å². The van der Waals surface area contributed by atoms with Crippen molar-refractivity contribution < 1.29 is 0 Å². The van der Waals surface area contributed by atoms with E-state index < -0.39 is 0 Å². The lowest BCUT2D eigenvalue weighted by molar-refractivity contribution is 0.937. The van der Waals surface area contributed by atoms with Crippen LogP contribution in [0.3, 0.4) is 0 Å². The fourth-order valence-electron chi connectivity index (χ4n) is 1.91. The van der Waals surface area contributed by atoms with Gasteiger partial charge >= 0.3 is 0 Å². The summed E-state index contributed by atoms with van der Waals surface area (Å²) in [5.41, 5.74) is 6.89. The maximum absolute atomic E-state index is 8.94. The number of anilines is 1. The number of aromatic nitrogens is 3. The smallest absolute Gasteiger partial charge is 0.191 e. The van der Waals surface area contributed by atoms with Gasteiger partial charge in [0.25, 0.3) is 0 Å². The van der Waals surface area contributed by atoms with Crippen molar-refractivity contribution in [1.29, 1.82) is 5.26 Å². The van der Waals surface area contributed by atoms with Gasteiger partial charge in [0.05, 0.1) is 15.6 Å². The zero-order valence-corrected chi connectivity index (χ0v) is 14.7. The molecule has 0 aliphatic rings. The molecule has 2 N–H and O–H groups in total. The van der Waals surface area contributed by atoms with E-state index in [2.05, 4.69) is 36.9 Å². The lowest BCUT2D eigenvalue weighted by atomic mass is 10.2. The summed E-state index contributed by atoms with van der Waals surface area (Å²) in [5.74, 6) is 0.297. The molecule has 0 aliphatic heterocycles. The predicted octanol–water partition coefficient (Wildman–Crippen LogP) is 4.16. The number of nitriles is 1. The van der Waals surface area contributed by atoms with E-state index in [0.29, 0.717) is 11.0 Å². The molecule has 8 heteroatoms. The van der Waals surface area contributed by atoms with Crippen molar-refractivity contribution in [2.45, 2.75) is 17.3 Å². The molecule has 1 unspecified atom stereocenters. The molecule has 22 heavy (non-hydrogen) atoms. The third kappa shape index (κ3) is 3.06. The van der Waals surface area contributed by atoms with Gasteiger partial charge in [-0.3, -0.25) is 4.98 Å². The number of fused-ring (bicyclic) bond motifs is 1. The number of pyridine rings is 1. The number of halogens is 1. The van der Waals surface area contributed by atoms with Gasteiger partial charge in [0, 0.05) is 27.5 Å². The highest BCUT2D eigenvalue weighted by Crippen LogP contribution is 2.36. The van der Waals surface area contributed by atoms with Gasteiger partial charge in [0.15, 0.2) is 5.16 Å². The van der Waals surface area contributed by atoms with Crippen LogP contribution in [0.5, 0.6) is 0 Å². The number of nitrogens with zero attached hydrogens (tertiary/aromatic N) is 4. The molecule has 0 aromatic carbocycles. The predicted molar refractivity (Wildman–Crippen MR) is 92.8 cm³/mol. The fourth-order valence-corrected chi connectivity index (χ4v) is 4.29. The lowest BCUT2D eigenvalue weighted by Crippen LogP contribution is -1.99. The van der Waals surface area contributed by atoms with Crippen molar-refractivity contribution >= 4 is 54.9 Å². The van der Waals surface area contributed by atoms with Crippen molar-refractivity contribution in [2.24, 2.45) is 0 Å². The van der Waals surface area contributed by atoms with Gasteiger partial charge in [-0.1, -0.05) is 11.8 Å². The summed E-state index contributed by atoms with van der Waals surface area (Å²) < 4.78 is 2.21. The maximum Gasteiger partial charge on any atom is 0.191 e. The largest absolute Gasteiger partial charge is 0.384 e. The Balaban J connectivity index is 1.89. The number of nitrogen functional groups attached to an aromatic ring is 1. The van der Waals surface area contributed by atoms with Crippen molar-refractivity contribution in [3.8, 4) is 6.07 Å². The van der Waals surface area contributed by atoms with Crippen molar-refractivity contribution in [3.63, 3.8) is 0 Å². The Morgan fingerprint density at radius 2 is 2.23 bits per heavy atom. The molecule has 0 fully saturated rings. The van der Waals surface area contributed by atoms with Gasteiger partial charge in [0.2, 0.25) is 0 Å². The Kier molecular flexibility index (Phi) is 4.29. The molecule has 0 spiro atoms. The average molecular weight is 392 g/mol. The lowest BCUT2D eigenvalue weighted by Gasteiger charge is -2.10. The molecule has 0 radical (unpaired) electrons. The number of thioether (sulfide) groups is 1. The fraction of sp³-hybridized carbons (Fsp3) is 0.143. The highest BCUT2D eigenvalue weighted by Gasteiger charge is 2.14. The van der Waals surface area contributed by atoms with E-state index in [1.807, 2.05) is 24.6 Å². The average Bonchev–Trinajstić information content (AvgIpc) is 2.87. The van der Waals surface area contributed by atoms with E-state index in [1.165, 1.54) is 17.8 Å². The number of hydrogen-bond donors (Lipinski definition) is 1. The third-order valence-corrected chi connectivity index (χ3v) is 5.85. The molecule has 3 aromatic heterocycles. The summed E-state index contributed by atoms with van der Waals surface area (Å²) in [5, 5.41) is 12.7. The van der Waals surface area contributed by atoms with Crippen molar-refractivity contribution in [1.82, 2.24) is 15.0 Å². The maximum atomic E-state index is 8.94. The second-order valence-electron chi connectivity index (χ2n) is 4.52. The Bertz CT molecular complexity index is 887. The molecule has 0 aliphatic carbocycles. The van der Waals surface area contributed by atoms with Crippen LogP contribution in [0.1, 0.15) is 23.6 Å². The third-order valence-electron chi connectivity index (χ3n) is 2.97. The normalized spacial score (nSPS) is 12.2. The zero-order valence-electron chi connectivity index (χ0n) is 11.4. The summed E-state index contributed by atoms with van der Waals surface area (Å²) in [6.45, 7) is 2.03. The summed E-state index contributed by atoms with van der Waals surface area (Å²) in [4.78, 5) is 12.8. The van der Waals surface area contributed by atoms with E-state index >= 15 is 0 Å². The van der Waals surface area contributed by atoms with Gasteiger partial charge in [0.1, 0.15) is 17.6 Å². The van der Waals surface area contributed by atoms with Crippen LogP contribution < -0.4 is 5.73 Å². The number of rotatable bonds is 3. The standard InChI is InChI=1S/C14H10BrN5S2/c1-7(22-14-19-8(4-16)2-13(17)20-14)11-3-9-10(15)6-21-12(9)5-18-11/h2-3,5-7H,1H3,(H2,17,19,20). The summed E-state index contributed by atoms with van der Waals surface area (Å²) in [7, 11) is 0. The van der Waals surface area contributed by atoms with Crippen molar-refractivity contribution in [2.75, 3.05) is 5.73 Å². The Morgan fingerprint density at radius 1 is 1.41 bits per heavy atom. The molecule has 5 nitrogen and oxygen atoms in total. The van der Waals surface area contributed by atoms with Gasteiger partial charge in [-0.15, -0.1) is 11.3 Å². The molecule has 3 aromatic rings. The van der Waals surface area contributed by atoms with Crippen molar-refractivity contribution in [3.05, 3.63) is 39.6 Å². The van der Waals surface area contributed by atoms with E-state index in [9.17, 15) is 0 Å². The molecule has 110 valence electrons. The summed E-state index contributed by atoms with van der Waals surface area (Å²) >= 11 is 6.63. The van der Waals surface area contributed by atoms with E-state index in [-0.39, 0.29) is 10.9 Å². The van der Waals surface area contributed by atoms with Crippen LogP contribution in [0.25, 0.3) is 10.1 Å². The van der Waals surface area contributed by atoms with Gasteiger partial charge in [-0.05, 0) is 28.9 Å². The minimum absolute atomic E-state index is 0.0459. The molecular formula is C14H10BrN5S2. The first kappa shape index (κ1) is 15.2. The second-order valence-corrected chi connectivity index (χ2v) is 7.60. The van der Waals surface area contributed by atoms with Crippen LogP contribution in [0.4, 0.5) is 5.82 Å². The molecule has 1 atom stereocenters. The summed E-state index contributed by atoms with van der Waals surface area (Å²) in [6, 6.07) is 5.50. The number of nitrogens with two attached hydrogens (primary N) is 1. The first-order valence-electron chi connectivity index (χ1n) is 6.31. The van der Waals surface area contributed by atoms with E-state index in [4.69, 9.17) is 11.0 Å². The quantitative estimate of drug-likeness (QED) is 0.532. The Morgan fingerprint density at radius 3 is 3.00 bits per heavy atom. The first-order valence-corrected chi connectivity index (χ1v) is 8.86. The minimum Gasteiger partial charge on any atom is -0.384 e. The highest BCUT2D eigenvalue weighted by molar-refractivity contribution is 9.10.